The zero-order valence-electron chi connectivity index (χ0n) is 39.2. The Bertz CT molecular complexity index is 2970. The molecule has 7 rings (SSSR count). The lowest BCUT2D eigenvalue weighted by atomic mass is 9.12. The Kier molecular flexibility index (Phi) is 16.8. The van der Waals surface area contributed by atoms with Gasteiger partial charge in [-0.1, -0.05) is 102 Å². The average molecular weight is 1170 g/mol. The minimum Gasteiger partial charge on any atom is -0.252 e. The van der Waals surface area contributed by atoms with Crippen molar-refractivity contribution in [3.63, 3.8) is 0 Å². The molecule has 30 heteroatoms. The first kappa shape index (κ1) is 61.3. The van der Waals surface area contributed by atoms with E-state index in [1.165, 1.54) is 5.56 Å². The van der Waals surface area contributed by atoms with Crippen molar-refractivity contribution < 1.29 is 110 Å². The maximum Gasteiger partial charge on any atom is 0.416 e. The Morgan fingerprint density at radius 1 is 0.400 bits per heavy atom. The lowest BCUT2D eigenvalue weighted by Gasteiger charge is -2.46. The second kappa shape index (κ2) is 22.0. The first-order chi connectivity index (χ1) is 36.6. The third-order valence-corrected chi connectivity index (χ3v) is 12.0. The molecule has 0 amide bonds. The summed E-state index contributed by atoms with van der Waals surface area (Å²) in [5.41, 5.74) is -17.6. The fraction of sp³-hybridized carbons (Fsp3) is 0.200. The molecule has 0 bridgehead atoms. The van der Waals surface area contributed by atoms with Crippen molar-refractivity contribution in [1.82, 2.24) is 4.98 Å². The van der Waals surface area contributed by atoms with Crippen LogP contribution in [0, 0.1) is 0 Å². The standard InChI is InChI=1S/C32H12BF24.C18H16N5/c34-25(35,36)13-1-14(26(37,38)39)6-21(5-13)33(22-7-15(27(40,41)42)2-16(8-22)28(43,44)45,23-9-17(29(46,47)48)3-18(10-23)30(49,50)51)24-11-19(31(52,53)54)4-20(12-24)32(55,56)57;19-22-21-17-8-4-7-16(11-17)12-18-13-20-9-10-23(18)14-15-5-2-1-3-6-15/h1-12H;1-11,13H,12,14H2/q-1;+1. The van der Waals surface area contributed by atoms with Crippen molar-refractivity contribution in [2.75, 3.05) is 0 Å². The average Bonchev–Trinajstić information content (AvgIpc) is 3.34. The van der Waals surface area contributed by atoms with Gasteiger partial charge in [-0.3, -0.25) is 4.98 Å². The number of halogens is 24. The molecule has 0 saturated heterocycles. The smallest absolute Gasteiger partial charge is 0.252 e. The number of benzene rings is 6. The van der Waals surface area contributed by atoms with Gasteiger partial charge >= 0.3 is 49.4 Å². The number of hydrogen-bond acceptors (Lipinski definition) is 2. The van der Waals surface area contributed by atoms with E-state index in [4.69, 9.17) is 5.53 Å². The molecule has 1 aromatic heterocycles. The summed E-state index contributed by atoms with van der Waals surface area (Å²) in [7, 11) is 0. The van der Waals surface area contributed by atoms with E-state index in [2.05, 4.69) is 31.7 Å². The maximum atomic E-state index is 14.2. The highest BCUT2D eigenvalue weighted by molar-refractivity contribution is 7.20. The third kappa shape index (κ3) is 14.5. The quantitative estimate of drug-likeness (QED) is 0.0355. The molecule has 0 aliphatic carbocycles. The summed E-state index contributed by atoms with van der Waals surface area (Å²) in [6.45, 7) is 0.800. The summed E-state index contributed by atoms with van der Waals surface area (Å²) in [5, 5.41) is 3.66. The second-order valence-electron chi connectivity index (χ2n) is 17.4. The molecule has 0 N–H and O–H groups in total. The Labute approximate surface area is 433 Å². The van der Waals surface area contributed by atoms with Gasteiger partial charge in [-0.25, -0.2) is 0 Å². The van der Waals surface area contributed by atoms with E-state index in [-0.39, 0.29) is 0 Å². The highest BCUT2D eigenvalue weighted by atomic mass is 19.4. The van der Waals surface area contributed by atoms with E-state index in [1.54, 1.807) is 12.3 Å². The van der Waals surface area contributed by atoms with Crippen LogP contribution in [0.15, 0.2) is 151 Å². The maximum absolute atomic E-state index is 14.2. The van der Waals surface area contributed by atoms with Gasteiger partial charge in [0.05, 0.1) is 63.3 Å². The molecule has 0 atom stereocenters. The SMILES string of the molecule is FC(F)(F)c1cc([B-](c2cc(C(F)(F)F)cc(C(F)(F)F)c2)(c2cc(C(F)(F)F)cc(C(F)(F)F)c2)c2cc(C(F)(F)F)cc(C(F)(F)F)c2)cc(C(F)(F)F)c1.[N-]=[N+]=Nc1cccc(Cc2cncc[n+]2Cc2ccccc2)c1. The first-order valence-corrected chi connectivity index (χ1v) is 22.0. The van der Waals surface area contributed by atoms with E-state index in [0.29, 0.717) is 5.69 Å². The number of nitrogens with zero attached hydrogens (tertiary/aromatic N) is 5. The van der Waals surface area contributed by atoms with Crippen LogP contribution in [0.3, 0.4) is 0 Å². The summed E-state index contributed by atoms with van der Waals surface area (Å²) in [6, 6.07) is 9.13. The number of azide groups is 1. The van der Waals surface area contributed by atoms with Crippen LogP contribution in [-0.4, -0.2) is 11.1 Å². The van der Waals surface area contributed by atoms with Gasteiger partial charge < -0.3 is 0 Å². The molecule has 6 aromatic carbocycles. The molecule has 0 saturated carbocycles. The van der Waals surface area contributed by atoms with Crippen molar-refractivity contribution in [3.05, 3.63) is 218 Å². The van der Waals surface area contributed by atoms with Gasteiger partial charge in [-0.05, 0) is 41.4 Å². The largest absolute Gasteiger partial charge is 0.416 e. The van der Waals surface area contributed by atoms with Crippen molar-refractivity contribution in [1.29, 1.82) is 0 Å². The lowest BCUT2D eigenvalue weighted by molar-refractivity contribution is -0.695. The van der Waals surface area contributed by atoms with Gasteiger partial charge in [-0.2, -0.15) is 132 Å². The van der Waals surface area contributed by atoms with E-state index >= 15 is 0 Å². The van der Waals surface area contributed by atoms with Gasteiger partial charge in [0.25, 0.3) is 0 Å². The first-order valence-electron chi connectivity index (χ1n) is 22.0. The van der Waals surface area contributed by atoms with Crippen LogP contribution in [-0.2, 0) is 62.4 Å². The Morgan fingerprint density at radius 3 is 1.01 bits per heavy atom. The minimum absolute atomic E-state index is 0.628. The molecular formula is C50H28BF24N5. The van der Waals surface area contributed by atoms with Gasteiger partial charge in [0.1, 0.15) is 6.15 Å². The second-order valence-corrected chi connectivity index (χ2v) is 17.4. The number of rotatable bonds is 9. The summed E-state index contributed by atoms with van der Waals surface area (Å²) in [6.07, 6.45) is -48.4. The highest BCUT2D eigenvalue weighted by Gasteiger charge is 2.47. The van der Waals surface area contributed by atoms with Gasteiger partial charge in [-0.15, -0.1) is 0 Å². The number of hydrogen-bond donors (Lipinski definition) is 0. The summed E-state index contributed by atoms with van der Waals surface area (Å²) < 4.78 is 343. The molecule has 7 aromatic rings. The van der Waals surface area contributed by atoms with E-state index in [0.717, 1.165) is 24.2 Å². The molecule has 0 aliphatic rings. The van der Waals surface area contributed by atoms with Crippen molar-refractivity contribution in [2.45, 2.75) is 62.4 Å². The minimum atomic E-state index is -6.13. The van der Waals surface area contributed by atoms with Gasteiger partial charge in [0, 0.05) is 16.2 Å². The molecular weight excluding hydrogens is 1140 g/mol. The number of aromatic nitrogens is 2. The van der Waals surface area contributed by atoms with Crippen LogP contribution < -0.4 is 26.4 Å². The fourth-order valence-electron chi connectivity index (χ4n) is 8.56. The highest BCUT2D eigenvalue weighted by Crippen LogP contribution is 2.41. The van der Waals surface area contributed by atoms with Crippen LogP contribution in [0.5, 0.6) is 0 Å². The van der Waals surface area contributed by atoms with E-state index < -0.39 is 195 Å². The molecule has 0 aliphatic heterocycles. The third-order valence-electron chi connectivity index (χ3n) is 12.0. The molecule has 0 unspecified atom stereocenters. The van der Waals surface area contributed by atoms with Gasteiger partial charge in [0.15, 0.2) is 12.7 Å². The van der Waals surface area contributed by atoms with Crippen LogP contribution >= 0.6 is 0 Å². The van der Waals surface area contributed by atoms with Gasteiger partial charge in [0.2, 0.25) is 5.69 Å². The zero-order valence-corrected chi connectivity index (χ0v) is 39.2. The molecule has 0 radical (unpaired) electrons. The Balaban J connectivity index is 0.000000370. The van der Waals surface area contributed by atoms with Crippen molar-refractivity contribution in [2.24, 2.45) is 5.11 Å². The molecule has 80 heavy (non-hydrogen) atoms. The summed E-state index contributed by atoms with van der Waals surface area (Å²) >= 11 is 0. The fourth-order valence-corrected chi connectivity index (χ4v) is 8.56. The van der Waals surface area contributed by atoms with E-state index in [1.807, 2.05) is 48.8 Å². The predicted octanol–water partition coefficient (Wildman–Crippen LogP) is 15.2. The topological polar surface area (TPSA) is 65.5 Å². The normalized spacial score (nSPS) is 13.1. The van der Waals surface area contributed by atoms with Crippen molar-refractivity contribution >= 4 is 33.7 Å². The molecule has 5 nitrogen and oxygen atoms in total. The monoisotopic (exact) mass is 1170 g/mol. The molecule has 0 fully saturated rings. The Hall–Kier alpha value is -7.91. The molecule has 1 heterocycles. The van der Waals surface area contributed by atoms with Crippen LogP contribution in [0.2, 0.25) is 0 Å². The van der Waals surface area contributed by atoms with Crippen LogP contribution in [0.4, 0.5) is 111 Å². The Morgan fingerprint density at radius 2 is 0.713 bits per heavy atom. The lowest BCUT2D eigenvalue weighted by Crippen LogP contribution is -2.75. The summed E-state index contributed by atoms with van der Waals surface area (Å²) in [4.78, 5) is 7.07. The zero-order chi connectivity index (χ0) is 59.8. The predicted molar refractivity (Wildman–Crippen MR) is 238 cm³/mol. The molecule has 0 spiro atoms. The number of alkyl halides is 24. The van der Waals surface area contributed by atoms with Crippen LogP contribution in [0.1, 0.15) is 61.3 Å². The molecule has 424 valence electrons. The van der Waals surface area contributed by atoms with Crippen molar-refractivity contribution in [3.8, 4) is 0 Å². The van der Waals surface area contributed by atoms with E-state index in [9.17, 15) is 105 Å². The summed E-state index contributed by atoms with van der Waals surface area (Å²) in [5.74, 6) is 0. The van der Waals surface area contributed by atoms with Crippen LogP contribution in [0.25, 0.3) is 10.4 Å².